The molecule has 0 amide bonds. The summed E-state index contributed by atoms with van der Waals surface area (Å²) in [5, 5.41) is 1.48. The molecular formula is C12H6BrClN2S. The van der Waals surface area contributed by atoms with Gasteiger partial charge in [-0.05, 0) is 45.0 Å². The number of fused-ring (bicyclic) bond motifs is 1. The second-order valence-electron chi connectivity index (χ2n) is 3.48. The van der Waals surface area contributed by atoms with Crippen LogP contribution in [0.15, 0.2) is 41.0 Å². The van der Waals surface area contributed by atoms with Crippen LogP contribution >= 0.6 is 38.9 Å². The molecule has 3 rings (SSSR count). The van der Waals surface area contributed by atoms with E-state index < -0.39 is 0 Å². The normalized spacial score (nSPS) is 10.9. The Morgan fingerprint density at radius 1 is 1.24 bits per heavy atom. The molecule has 0 aliphatic rings. The summed E-state index contributed by atoms with van der Waals surface area (Å²) < 4.78 is 2.09. The Balaban J connectivity index is 2.23. The highest BCUT2D eigenvalue weighted by molar-refractivity contribution is 9.10. The van der Waals surface area contributed by atoms with Gasteiger partial charge in [0.1, 0.15) is 0 Å². The van der Waals surface area contributed by atoms with E-state index in [-0.39, 0.29) is 5.28 Å². The molecule has 2 nitrogen and oxygen atoms in total. The fraction of sp³-hybridized carbons (Fsp3) is 0. The number of hydrogen-bond donors (Lipinski definition) is 0. The van der Waals surface area contributed by atoms with Crippen LogP contribution in [0.3, 0.4) is 0 Å². The van der Waals surface area contributed by atoms with Crippen molar-refractivity contribution in [2.45, 2.75) is 0 Å². The molecule has 0 aliphatic heterocycles. The maximum Gasteiger partial charge on any atom is 0.222 e. The largest absolute Gasteiger partial charge is 0.225 e. The van der Waals surface area contributed by atoms with Crippen LogP contribution in [0.2, 0.25) is 5.28 Å². The standard InChI is InChI=1S/C12H6BrClN2S/c13-8-6-15-12(14)16-11(8)10-5-7-3-1-2-4-9(7)17-10/h1-6H. The topological polar surface area (TPSA) is 25.8 Å². The van der Waals surface area contributed by atoms with Crippen molar-refractivity contribution in [2.75, 3.05) is 0 Å². The average molecular weight is 326 g/mol. The van der Waals surface area contributed by atoms with Crippen LogP contribution in [0.4, 0.5) is 0 Å². The number of halogens is 2. The summed E-state index contributed by atoms with van der Waals surface area (Å²) in [6, 6.07) is 10.4. The Bertz CT molecular complexity index is 663. The molecule has 0 atom stereocenters. The molecule has 1 aromatic carbocycles. The van der Waals surface area contributed by atoms with Crippen molar-refractivity contribution in [1.82, 2.24) is 9.97 Å². The van der Waals surface area contributed by atoms with Crippen molar-refractivity contribution in [3.05, 3.63) is 46.3 Å². The second-order valence-corrected chi connectivity index (χ2v) is 5.76. The van der Waals surface area contributed by atoms with Gasteiger partial charge in [0.15, 0.2) is 0 Å². The number of hydrogen-bond acceptors (Lipinski definition) is 3. The zero-order valence-electron chi connectivity index (χ0n) is 8.52. The zero-order valence-corrected chi connectivity index (χ0v) is 11.7. The fourth-order valence-electron chi connectivity index (χ4n) is 1.62. The maximum absolute atomic E-state index is 5.83. The van der Waals surface area contributed by atoms with Gasteiger partial charge >= 0.3 is 0 Å². The van der Waals surface area contributed by atoms with E-state index in [2.05, 4.69) is 44.1 Å². The molecule has 3 aromatic rings. The summed E-state index contributed by atoms with van der Waals surface area (Å²) in [6.45, 7) is 0. The molecule has 0 spiro atoms. The maximum atomic E-state index is 5.83. The molecule has 0 N–H and O–H groups in total. The van der Waals surface area contributed by atoms with E-state index in [4.69, 9.17) is 11.6 Å². The van der Waals surface area contributed by atoms with E-state index in [1.54, 1.807) is 17.5 Å². The lowest BCUT2D eigenvalue weighted by atomic mass is 10.2. The highest BCUT2D eigenvalue weighted by Gasteiger charge is 2.10. The molecule has 0 aliphatic carbocycles. The lowest BCUT2D eigenvalue weighted by Gasteiger charge is -1.99. The van der Waals surface area contributed by atoms with Gasteiger partial charge in [0, 0.05) is 10.9 Å². The second kappa shape index (κ2) is 4.37. The van der Waals surface area contributed by atoms with Crippen molar-refractivity contribution in [3.63, 3.8) is 0 Å². The van der Waals surface area contributed by atoms with Crippen molar-refractivity contribution >= 4 is 49.0 Å². The third kappa shape index (κ3) is 2.08. The summed E-state index contributed by atoms with van der Waals surface area (Å²) in [4.78, 5) is 9.27. The lowest BCUT2D eigenvalue weighted by molar-refractivity contribution is 1.16. The minimum absolute atomic E-state index is 0.264. The van der Waals surface area contributed by atoms with Crippen LogP contribution in [0, 0.1) is 0 Å². The van der Waals surface area contributed by atoms with Crippen LogP contribution in [0.1, 0.15) is 0 Å². The number of nitrogens with zero attached hydrogens (tertiary/aromatic N) is 2. The molecule has 5 heteroatoms. The first-order valence-corrected chi connectivity index (χ1v) is 6.90. The van der Waals surface area contributed by atoms with Crippen molar-refractivity contribution in [1.29, 1.82) is 0 Å². The molecule has 17 heavy (non-hydrogen) atoms. The molecule has 0 radical (unpaired) electrons. The van der Waals surface area contributed by atoms with Gasteiger partial charge < -0.3 is 0 Å². The van der Waals surface area contributed by atoms with Crippen LogP contribution in [-0.4, -0.2) is 9.97 Å². The van der Waals surface area contributed by atoms with E-state index in [9.17, 15) is 0 Å². The first kappa shape index (κ1) is 11.1. The number of benzene rings is 1. The van der Waals surface area contributed by atoms with E-state index in [1.165, 1.54) is 10.1 Å². The predicted molar refractivity (Wildman–Crippen MR) is 75.6 cm³/mol. The summed E-state index contributed by atoms with van der Waals surface area (Å²) >= 11 is 11.0. The summed E-state index contributed by atoms with van der Waals surface area (Å²) in [5.41, 5.74) is 0.839. The highest BCUT2D eigenvalue weighted by Crippen LogP contribution is 2.35. The molecule has 0 saturated carbocycles. The fourth-order valence-corrected chi connectivity index (χ4v) is 3.35. The Morgan fingerprint density at radius 2 is 2.06 bits per heavy atom. The number of rotatable bonds is 1. The molecule has 2 heterocycles. The third-order valence-corrected chi connectivity index (χ3v) is 4.26. The van der Waals surface area contributed by atoms with Crippen molar-refractivity contribution in [3.8, 4) is 10.6 Å². The Morgan fingerprint density at radius 3 is 2.88 bits per heavy atom. The first-order valence-electron chi connectivity index (χ1n) is 4.91. The van der Waals surface area contributed by atoms with Gasteiger partial charge in [-0.25, -0.2) is 9.97 Å². The molecule has 0 unspecified atom stereocenters. The summed E-state index contributed by atoms with van der Waals surface area (Å²) in [6.07, 6.45) is 1.68. The van der Waals surface area contributed by atoms with E-state index >= 15 is 0 Å². The third-order valence-electron chi connectivity index (χ3n) is 2.37. The minimum atomic E-state index is 0.264. The number of aromatic nitrogens is 2. The van der Waals surface area contributed by atoms with Gasteiger partial charge in [0.05, 0.1) is 15.0 Å². The smallest absolute Gasteiger partial charge is 0.222 e. The van der Waals surface area contributed by atoms with Gasteiger partial charge in [-0.3, -0.25) is 0 Å². The monoisotopic (exact) mass is 324 g/mol. The predicted octanol–water partition coefficient (Wildman–Crippen LogP) is 4.77. The van der Waals surface area contributed by atoms with Crippen LogP contribution in [0.25, 0.3) is 20.7 Å². The molecule has 0 saturated heterocycles. The van der Waals surface area contributed by atoms with Gasteiger partial charge in [-0.15, -0.1) is 11.3 Å². The van der Waals surface area contributed by atoms with Gasteiger partial charge in [0.25, 0.3) is 0 Å². The Labute approximate surface area is 115 Å². The lowest BCUT2D eigenvalue weighted by Crippen LogP contribution is -1.86. The average Bonchev–Trinajstić information content (AvgIpc) is 2.75. The van der Waals surface area contributed by atoms with E-state index in [0.29, 0.717) is 0 Å². The van der Waals surface area contributed by atoms with E-state index in [0.717, 1.165) is 15.0 Å². The zero-order chi connectivity index (χ0) is 11.8. The number of thiophene rings is 1. The van der Waals surface area contributed by atoms with Crippen LogP contribution in [0.5, 0.6) is 0 Å². The Hall–Kier alpha value is -0.970. The Kier molecular flexibility index (Phi) is 2.86. The quantitative estimate of drug-likeness (QED) is 0.602. The SMILES string of the molecule is Clc1ncc(Br)c(-c2cc3ccccc3s2)n1. The van der Waals surface area contributed by atoms with Gasteiger partial charge in [-0.1, -0.05) is 18.2 Å². The molecular weight excluding hydrogens is 320 g/mol. The van der Waals surface area contributed by atoms with Gasteiger partial charge in [0.2, 0.25) is 5.28 Å². The molecule has 0 fully saturated rings. The van der Waals surface area contributed by atoms with Crippen molar-refractivity contribution in [2.24, 2.45) is 0 Å². The first-order chi connectivity index (χ1) is 8.24. The van der Waals surface area contributed by atoms with Crippen LogP contribution in [-0.2, 0) is 0 Å². The summed E-state index contributed by atoms with van der Waals surface area (Å²) in [5.74, 6) is 0. The minimum Gasteiger partial charge on any atom is -0.225 e. The molecule has 2 aromatic heterocycles. The van der Waals surface area contributed by atoms with E-state index in [1.807, 2.05) is 12.1 Å². The highest BCUT2D eigenvalue weighted by atomic mass is 79.9. The summed E-state index contributed by atoms with van der Waals surface area (Å²) in [7, 11) is 0. The molecule has 0 bridgehead atoms. The van der Waals surface area contributed by atoms with Crippen LogP contribution < -0.4 is 0 Å². The van der Waals surface area contributed by atoms with Gasteiger partial charge in [-0.2, -0.15) is 0 Å². The van der Waals surface area contributed by atoms with Crippen molar-refractivity contribution < 1.29 is 0 Å². The molecule has 84 valence electrons.